The summed E-state index contributed by atoms with van der Waals surface area (Å²) in [5.41, 5.74) is 1.28. The van der Waals surface area contributed by atoms with E-state index in [1.54, 1.807) is 12.2 Å². The SMILES string of the molecule is C=CCN(CC=C)C(=O)COC(=O)c1ccc2c(c1)C(=O)N(Cc1ccccc1)C2=O. The Morgan fingerprint density at radius 1 is 0.935 bits per heavy atom. The molecule has 0 atom stereocenters. The van der Waals surface area contributed by atoms with Crippen LogP contribution in [0.3, 0.4) is 0 Å². The van der Waals surface area contributed by atoms with E-state index in [1.807, 2.05) is 30.3 Å². The van der Waals surface area contributed by atoms with E-state index in [0.717, 1.165) is 10.5 Å². The van der Waals surface area contributed by atoms with Crippen LogP contribution in [0.5, 0.6) is 0 Å². The highest BCUT2D eigenvalue weighted by molar-refractivity contribution is 6.21. The first kappa shape index (κ1) is 21.7. The first-order valence-electron chi connectivity index (χ1n) is 9.67. The first-order valence-corrected chi connectivity index (χ1v) is 9.67. The Balaban J connectivity index is 1.69. The van der Waals surface area contributed by atoms with Gasteiger partial charge in [-0.15, -0.1) is 13.2 Å². The lowest BCUT2D eigenvalue weighted by Gasteiger charge is -2.18. The molecule has 0 bridgehead atoms. The zero-order valence-corrected chi connectivity index (χ0v) is 17.0. The highest BCUT2D eigenvalue weighted by atomic mass is 16.5. The number of esters is 1. The minimum Gasteiger partial charge on any atom is -0.452 e. The molecule has 0 unspecified atom stereocenters. The molecular weight excluding hydrogens is 396 g/mol. The number of imide groups is 1. The zero-order chi connectivity index (χ0) is 22.4. The minimum absolute atomic E-state index is 0.0910. The first-order chi connectivity index (χ1) is 15.0. The van der Waals surface area contributed by atoms with Gasteiger partial charge in [-0.1, -0.05) is 42.5 Å². The maximum absolute atomic E-state index is 12.8. The molecule has 0 fully saturated rings. The Bertz CT molecular complexity index is 1040. The van der Waals surface area contributed by atoms with Gasteiger partial charge in [-0.2, -0.15) is 0 Å². The smallest absolute Gasteiger partial charge is 0.338 e. The van der Waals surface area contributed by atoms with Crippen LogP contribution in [-0.4, -0.2) is 53.2 Å². The van der Waals surface area contributed by atoms with Crippen molar-refractivity contribution < 1.29 is 23.9 Å². The molecule has 0 N–H and O–H groups in total. The van der Waals surface area contributed by atoms with Crippen molar-refractivity contribution in [1.82, 2.24) is 9.80 Å². The number of carbonyl (C=O) groups is 4. The molecule has 7 nitrogen and oxygen atoms in total. The molecule has 2 aromatic carbocycles. The monoisotopic (exact) mass is 418 g/mol. The number of amides is 3. The average molecular weight is 418 g/mol. The molecule has 158 valence electrons. The minimum atomic E-state index is -0.755. The predicted octanol–water partition coefficient (Wildman–Crippen LogP) is 2.84. The second-order valence-electron chi connectivity index (χ2n) is 6.89. The molecule has 0 aromatic heterocycles. The van der Waals surface area contributed by atoms with Crippen molar-refractivity contribution in [2.75, 3.05) is 19.7 Å². The third-order valence-electron chi connectivity index (χ3n) is 4.77. The van der Waals surface area contributed by atoms with Crippen LogP contribution < -0.4 is 0 Å². The molecule has 1 aliphatic rings. The van der Waals surface area contributed by atoms with Gasteiger partial charge in [-0.05, 0) is 23.8 Å². The number of carbonyl (C=O) groups excluding carboxylic acids is 4. The van der Waals surface area contributed by atoms with Crippen LogP contribution in [-0.2, 0) is 16.1 Å². The third kappa shape index (κ3) is 4.78. The summed E-state index contributed by atoms with van der Waals surface area (Å²) < 4.78 is 5.10. The van der Waals surface area contributed by atoms with Crippen molar-refractivity contribution in [3.63, 3.8) is 0 Å². The van der Waals surface area contributed by atoms with Crippen molar-refractivity contribution in [3.05, 3.63) is 96.1 Å². The maximum atomic E-state index is 12.8. The van der Waals surface area contributed by atoms with Crippen LogP contribution >= 0.6 is 0 Å². The second-order valence-corrected chi connectivity index (χ2v) is 6.89. The molecule has 3 amide bonds. The molecule has 1 aliphatic heterocycles. The molecule has 1 heterocycles. The second kappa shape index (κ2) is 9.67. The lowest BCUT2D eigenvalue weighted by molar-refractivity contribution is -0.133. The number of ether oxygens (including phenoxy) is 1. The summed E-state index contributed by atoms with van der Waals surface area (Å²) in [6.45, 7) is 7.47. The van der Waals surface area contributed by atoms with E-state index in [1.165, 1.54) is 23.1 Å². The molecule has 0 radical (unpaired) electrons. The van der Waals surface area contributed by atoms with Gasteiger partial charge >= 0.3 is 5.97 Å². The summed E-state index contributed by atoms with van der Waals surface area (Å²) in [4.78, 5) is 52.6. The quantitative estimate of drug-likeness (QED) is 0.355. The predicted molar refractivity (Wildman–Crippen MR) is 114 cm³/mol. The van der Waals surface area contributed by atoms with E-state index < -0.39 is 30.3 Å². The van der Waals surface area contributed by atoms with Crippen LogP contribution in [0.2, 0.25) is 0 Å². The van der Waals surface area contributed by atoms with E-state index >= 15 is 0 Å². The van der Waals surface area contributed by atoms with E-state index in [0.29, 0.717) is 13.1 Å². The molecule has 7 heteroatoms. The number of nitrogens with zero attached hydrogens (tertiary/aromatic N) is 2. The van der Waals surface area contributed by atoms with Gasteiger partial charge in [0, 0.05) is 13.1 Å². The Morgan fingerprint density at radius 2 is 1.58 bits per heavy atom. The van der Waals surface area contributed by atoms with Crippen molar-refractivity contribution >= 4 is 23.7 Å². The molecular formula is C24H22N2O5. The summed E-state index contributed by atoms with van der Waals surface area (Å²) >= 11 is 0. The van der Waals surface area contributed by atoms with Gasteiger partial charge in [-0.3, -0.25) is 19.3 Å². The van der Waals surface area contributed by atoms with Crippen LogP contribution in [0.4, 0.5) is 0 Å². The van der Waals surface area contributed by atoms with Crippen molar-refractivity contribution in [2.24, 2.45) is 0 Å². The Hall–Kier alpha value is -4.00. The van der Waals surface area contributed by atoms with Crippen molar-refractivity contribution in [2.45, 2.75) is 6.54 Å². The molecule has 0 spiro atoms. The number of hydrogen-bond donors (Lipinski definition) is 0. The molecule has 3 rings (SSSR count). The maximum Gasteiger partial charge on any atom is 0.338 e. The van der Waals surface area contributed by atoms with E-state index in [4.69, 9.17) is 4.74 Å². The summed E-state index contributed by atoms with van der Waals surface area (Å²) in [5, 5.41) is 0. The van der Waals surface area contributed by atoms with Crippen LogP contribution in [0, 0.1) is 0 Å². The van der Waals surface area contributed by atoms with Gasteiger partial charge in [0.1, 0.15) is 0 Å². The summed E-state index contributed by atoms with van der Waals surface area (Å²) in [5.74, 6) is -2.04. The van der Waals surface area contributed by atoms with Crippen LogP contribution in [0.25, 0.3) is 0 Å². The van der Waals surface area contributed by atoms with E-state index in [2.05, 4.69) is 13.2 Å². The van der Waals surface area contributed by atoms with Crippen molar-refractivity contribution in [3.8, 4) is 0 Å². The molecule has 0 saturated heterocycles. The topological polar surface area (TPSA) is 84.0 Å². The zero-order valence-electron chi connectivity index (χ0n) is 17.0. The van der Waals surface area contributed by atoms with Gasteiger partial charge in [0.05, 0.1) is 23.2 Å². The molecule has 0 aliphatic carbocycles. The summed E-state index contributed by atoms with van der Waals surface area (Å²) in [6, 6.07) is 13.3. The van der Waals surface area contributed by atoms with Crippen LogP contribution in [0.15, 0.2) is 73.8 Å². The summed E-state index contributed by atoms with van der Waals surface area (Å²) in [7, 11) is 0. The summed E-state index contributed by atoms with van der Waals surface area (Å²) in [6.07, 6.45) is 3.13. The number of benzene rings is 2. The van der Waals surface area contributed by atoms with E-state index in [9.17, 15) is 19.2 Å². The Labute approximate surface area is 180 Å². The van der Waals surface area contributed by atoms with E-state index in [-0.39, 0.29) is 23.2 Å². The van der Waals surface area contributed by atoms with Crippen molar-refractivity contribution in [1.29, 1.82) is 0 Å². The fourth-order valence-electron chi connectivity index (χ4n) is 3.22. The van der Waals surface area contributed by atoms with Gasteiger partial charge in [-0.25, -0.2) is 4.79 Å². The fourth-order valence-corrected chi connectivity index (χ4v) is 3.22. The highest BCUT2D eigenvalue weighted by Gasteiger charge is 2.36. The molecule has 0 saturated carbocycles. The van der Waals surface area contributed by atoms with Gasteiger partial charge in [0.2, 0.25) is 0 Å². The number of hydrogen-bond acceptors (Lipinski definition) is 5. The Kier molecular flexibility index (Phi) is 6.77. The normalized spacial score (nSPS) is 12.3. The lowest BCUT2D eigenvalue weighted by atomic mass is 10.1. The standard InChI is InChI=1S/C24H22N2O5/c1-3-12-25(13-4-2)21(27)16-31-24(30)18-10-11-19-20(14-18)23(29)26(22(19)28)15-17-8-6-5-7-9-17/h3-11,14H,1-2,12-13,15-16H2. The molecule has 2 aromatic rings. The lowest BCUT2D eigenvalue weighted by Crippen LogP contribution is -2.35. The number of fused-ring (bicyclic) bond motifs is 1. The fraction of sp³-hybridized carbons (Fsp3) is 0.167. The Morgan fingerprint density at radius 3 is 2.23 bits per heavy atom. The molecule has 31 heavy (non-hydrogen) atoms. The highest BCUT2D eigenvalue weighted by Crippen LogP contribution is 2.26. The largest absolute Gasteiger partial charge is 0.452 e. The number of rotatable bonds is 9. The van der Waals surface area contributed by atoms with Gasteiger partial charge < -0.3 is 9.64 Å². The van der Waals surface area contributed by atoms with Crippen LogP contribution in [0.1, 0.15) is 36.6 Å². The van der Waals surface area contributed by atoms with Gasteiger partial charge in [0.15, 0.2) is 6.61 Å². The van der Waals surface area contributed by atoms with Gasteiger partial charge in [0.25, 0.3) is 17.7 Å². The average Bonchev–Trinajstić information content (AvgIpc) is 3.02. The third-order valence-corrected chi connectivity index (χ3v) is 4.77.